The fraction of sp³-hybridized carbons (Fsp3) is 0.320. The summed E-state index contributed by atoms with van der Waals surface area (Å²) < 4.78 is 1.68. The number of anilines is 1. The van der Waals surface area contributed by atoms with Crippen LogP contribution in [0.3, 0.4) is 0 Å². The molecule has 2 heterocycles. The third-order valence-corrected chi connectivity index (χ3v) is 6.50. The van der Waals surface area contributed by atoms with Gasteiger partial charge in [-0.1, -0.05) is 54.6 Å². The van der Waals surface area contributed by atoms with Crippen molar-refractivity contribution in [2.45, 2.75) is 31.4 Å². The summed E-state index contributed by atoms with van der Waals surface area (Å²) in [6, 6.07) is 13.7. The lowest BCUT2D eigenvalue weighted by Gasteiger charge is -2.26. The Morgan fingerprint density at radius 2 is 1.97 bits per heavy atom. The standard InChI is InChI=1S/C25H27N5O5/c1-17(25(33)21-14-19(30(34)35)11-12-23(21)28(2)24(25)32)8-6-7-13-29-15-22(26-27-29)20(16-31)18-9-4-3-5-10-18/h3-6,8-12,14-15,17,20,31,33H,7,13,16H2,1-2H3/b8-6+/t17-,20?,25+/m1/s1. The van der Waals surface area contributed by atoms with Gasteiger partial charge in [0.25, 0.3) is 11.6 Å². The Kier molecular flexibility index (Phi) is 6.77. The number of allylic oxidation sites excluding steroid dienone is 1. The summed E-state index contributed by atoms with van der Waals surface area (Å²) in [6.45, 7) is 2.13. The number of benzene rings is 2. The number of non-ortho nitro benzene ring substituents is 1. The van der Waals surface area contributed by atoms with Crippen molar-refractivity contribution in [1.29, 1.82) is 0 Å². The number of amides is 1. The monoisotopic (exact) mass is 477 g/mol. The van der Waals surface area contributed by atoms with Gasteiger partial charge in [-0.05, 0) is 18.1 Å². The molecule has 2 aromatic carbocycles. The molecule has 35 heavy (non-hydrogen) atoms. The van der Waals surface area contributed by atoms with Crippen molar-refractivity contribution in [2.75, 3.05) is 18.6 Å². The molecule has 1 unspecified atom stereocenters. The van der Waals surface area contributed by atoms with Gasteiger partial charge in [0, 0.05) is 43.4 Å². The van der Waals surface area contributed by atoms with E-state index in [1.54, 1.807) is 30.9 Å². The minimum atomic E-state index is -1.89. The molecule has 0 spiro atoms. The summed E-state index contributed by atoms with van der Waals surface area (Å²) in [5.74, 6) is -1.41. The fourth-order valence-corrected chi connectivity index (χ4v) is 4.44. The Morgan fingerprint density at radius 1 is 1.23 bits per heavy atom. The smallest absolute Gasteiger partial charge is 0.269 e. The van der Waals surface area contributed by atoms with Gasteiger partial charge in [0.2, 0.25) is 0 Å². The molecule has 182 valence electrons. The molecule has 0 fully saturated rings. The SMILES string of the molecule is C[C@H](/C=C/CCn1cc(C(CO)c2ccccc2)nn1)[C@@]1(O)C(=O)N(C)c2ccc([N+](=O)[O-])cc21. The highest BCUT2D eigenvalue weighted by atomic mass is 16.6. The molecule has 0 saturated carbocycles. The van der Waals surface area contributed by atoms with Crippen LogP contribution in [0.1, 0.15) is 36.1 Å². The Bertz CT molecular complexity index is 1260. The first-order chi connectivity index (χ1) is 16.8. The van der Waals surface area contributed by atoms with E-state index in [2.05, 4.69) is 10.3 Å². The number of rotatable bonds is 9. The number of likely N-dealkylation sites (N-methyl/N-ethyl adjacent to an activating group) is 1. The largest absolute Gasteiger partial charge is 0.395 e. The van der Waals surface area contributed by atoms with Crippen LogP contribution in [0, 0.1) is 16.0 Å². The third kappa shape index (κ3) is 4.45. The molecule has 1 aliphatic heterocycles. The van der Waals surface area contributed by atoms with E-state index >= 15 is 0 Å². The fourth-order valence-electron chi connectivity index (χ4n) is 4.44. The molecule has 2 N–H and O–H groups in total. The van der Waals surface area contributed by atoms with Crippen molar-refractivity contribution in [2.24, 2.45) is 5.92 Å². The minimum Gasteiger partial charge on any atom is -0.395 e. The van der Waals surface area contributed by atoms with Crippen molar-refractivity contribution in [3.8, 4) is 0 Å². The molecule has 4 rings (SSSR count). The normalized spacial score (nSPS) is 19.2. The molecule has 0 saturated heterocycles. The van der Waals surface area contributed by atoms with Gasteiger partial charge in [0.15, 0.2) is 5.60 Å². The maximum atomic E-state index is 12.9. The zero-order valence-corrected chi connectivity index (χ0v) is 19.5. The number of aromatic nitrogens is 3. The first-order valence-electron chi connectivity index (χ1n) is 11.3. The van der Waals surface area contributed by atoms with Crippen LogP contribution in [0.15, 0.2) is 66.9 Å². The number of carbonyl (C=O) groups excluding carboxylic acids is 1. The van der Waals surface area contributed by atoms with Crippen LogP contribution >= 0.6 is 0 Å². The summed E-state index contributed by atoms with van der Waals surface area (Å²) in [5.41, 5.74) is 0.236. The van der Waals surface area contributed by atoms with Crippen molar-refractivity contribution < 1.29 is 19.9 Å². The van der Waals surface area contributed by atoms with Gasteiger partial charge < -0.3 is 15.1 Å². The lowest BCUT2D eigenvalue weighted by Crippen LogP contribution is -2.43. The third-order valence-electron chi connectivity index (χ3n) is 6.50. The quantitative estimate of drug-likeness (QED) is 0.275. The van der Waals surface area contributed by atoms with Crippen LogP contribution in [0.4, 0.5) is 11.4 Å². The van der Waals surface area contributed by atoms with Crippen molar-refractivity contribution >= 4 is 17.3 Å². The summed E-state index contributed by atoms with van der Waals surface area (Å²) in [4.78, 5) is 24.9. The Hall–Kier alpha value is -3.89. The molecule has 1 amide bonds. The number of hydrogen-bond acceptors (Lipinski definition) is 7. The van der Waals surface area contributed by atoms with Gasteiger partial charge in [-0.25, -0.2) is 0 Å². The molecule has 3 aromatic rings. The van der Waals surface area contributed by atoms with Gasteiger partial charge in [-0.3, -0.25) is 19.6 Å². The van der Waals surface area contributed by atoms with Crippen LogP contribution in [-0.4, -0.2) is 49.7 Å². The number of nitro benzene ring substituents is 1. The summed E-state index contributed by atoms with van der Waals surface area (Å²) in [5, 5.41) is 40.7. The van der Waals surface area contributed by atoms with Crippen molar-refractivity contribution in [3.63, 3.8) is 0 Å². The Balaban J connectivity index is 1.44. The van der Waals surface area contributed by atoms with Crippen LogP contribution in [0.5, 0.6) is 0 Å². The maximum Gasteiger partial charge on any atom is 0.269 e. The summed E-state index contributed by atoms with van der Waals surface area (Å²) >= 11 is 0. The molecular weight excluding hydrogens is 450 g/mol. The molecule has 0 aliphatic carbocycles. The molecule has 1 aromatic heterocycles. The van der Waals surface area contributed by atoms with Gasteiger partial charge in [-0.2, -0.15) is 0 Å². The number of hydrogen-bond donors (Lipinski definition) is 2. The molecule has 0 bridgehead atoms. The zero-order chi connectivity index (χ0) is 25.2. The number of aliphatic hydroxyl groups excluding tert-OH is 1. The van der Waals surface area contributed by atoms with Crippen LogP contribution in [0.2, 0.25) is 0 Å². The molecular formula is C25H27N5O5. The van der Waals surface area contributed by atoms with E-state index in [-0.39, 0.29) is 23.8 Å². The zero-order valence-electron chi connectivity index (χ0n) is 19.5. The maximum absolute atomic E-state index is 12.9. The molecule has 3 atom stereocenters. The average molecular weight is 478 g/mol. The Morgan fingerprint density at radius 3 is 2.66 bits per heavy atom. The highest BCUT2D eigenvalue weighted by Crippen LogP contribution is 2.45. The molecule has 1 aliphatic rings. The van der Waals surface area contributed by atoms with Crippen LogP contribution in [0.25, 0.3) is 0 Å². The topological polar surface area (TPSA) is 135 Å². The Labute approximate surface area is 202 Å². The van der Waals surface area contributed by atoms with Crippen molar-refractivity contribution in [3.05, 3.63) is 93.8 Å². The lowest BCUT2D eigenvalue weighted by molar-refractivity contribution is -0.385. The number of aryl methyl sites for hydroxylation is 1. The molecule has 10 nitrogen and oxygen atoms in total. The highest BCUT2D eigenvalue weighted by Gasteiger charge is 2.52. The number of carbonyl (C=O) groups is 1. The van der Waals surface area contributed by atoms with Gasteiger partial charge in [-0.15, -0.1) is 5.10 Å². The van der Waals surface area contributed by atoms with E-state index < -0.39 is 22.3 Å². The van der Waals surface area contributed by atoms with E-state index in [4.69, 9.17) is 0 Å². The second-order valence-corrected chi connectivity index (χ2v) is 8.65. The first-order valence-corrected chi connectivity index (χ1v) is 11.3. The number of nitrogens with zero attached hydrogens (tertiary/aromatic N) is 5. The van der Waals surface area contributed by atoms with Crippen LogP contribution < -0.4 is 4.90 Å². The van der Waals surface area contributed by atoms with Crippen LogP contribution in [-0.2, 0) is 16.9 Å². The van der Waals surface area contributed by atoms with Gasteiger partial charge in [0.1, 0.15) is 0 Å². The number of aliphatic hydroxyl groups is 2. The second-order valence-electron chi connectivity index (χ2n) is 8.65. The van der Waals surface area contributed by atoms with E-state index in [0.29, 0.717) is 24.3 Å². The van der Waals surface area contributed by atoms with Gasteiger partial charge in [0.05, 0.1) is 28.8 Å². The number of fused-ring (bicyclic) bond motifs is 1. The minimum absolute atomic E-state index is 0.0825. The predicted molar refractivity (Wildman–Crippen MR) is 129 cm³/mol. The highest BCUT2D eigenvalue weighted by molar-refractivity contribution is 6.07. The second kappa shape index (κ2) is 9.77. The van der Waals surface area contributed by atoms with Gasteiger partial charge >= 0.3 is 0 Å². The van der Waals surface area contributed by atoms with E-state index in [1.165, 1.54) is 23.1 Å². The summed E-state index contributed by atoms with van der Waals surface area (Å²) in [6.07, 6.45) is 5.93. The van der Waals surface area contributed by atoms with Crippen molar-refractivity contribution in [1.82, 2.24) is 15.0 Å². The average Bonchev–Trinajstić information content (AvgIpc) is 3.40. The first kappa shape index (κ1) is 24.2. The van der Waals surface area contributed by atoms with E-state index in [9.17, 15) is 25.1 Å². The molecule has 0 radical (unpaired) electrons. The number of nitro groups is 1. The van der Waals surface area contributed by atoms with E-state index in [1.807, 2.05) is 36.4 Å². The summed E-state index contributed by atoms with van der Waals surface area (Å²) in [7, 11) is 1.54. The predicted octanol–water partition coefficient (Wildman–Crippen LogP) is 2.76. The van der Waals surface area contributed by atoms with E-state index in [0.717, 1.165) is 5.56 Å². The molecule has 10 heteroatoms. The lowest BCUT2D eigenvalue weighted by atomic mass is 9.82.